The Kier molecular flexibility index (Phi) is 6.38. The van der Waals surface area contributed by atoms with Gasteiger partial charge in [-0.3, -0.25) is 9.48 Å². The molecule has 10 heteroatoms. The minimum absolute atomic E-state index is 0.224. The third kappa shape index (κ3) is 4.64. The maximum atomic E-state index is 13.4. The second-order valence-corrected chi connectivity index (χ2v) is 8.95. The number of nitrogens with zero attached hydrogens (tertiary/aromatic N) is 5. The molecule has 184 valence electrons. The molecule has 1 fully saturated rings. The van der Waals surface area contributed by atoms with Crippen LogP contribution in [0.1, 0.15) is 42.0 Å². The fourth-order valence-corrected chi connectivity index (χ4v) is 4.00. The van der Waals surface area contributed by atoms with E-state index in [-0.39, 0.29) is 25.0 Å². The van der Waals surface area contributed by atoms with Crippen LogP contribution in [0.5, 0.6) is 0 Å². The molecule has 0 aliphatic carbocycles. The summed E-state index contributed by atoms with van der Waals surface area (Å²) in [6.45, 7) is 11.8. The SMILES string of the molecule is C=C(OC)OCc1cccc(CN2C(=O)N(c3cnn(Cc4c(C)noc4C)c3)C(=O)C2(C)C)c1. The number of aromatic nitrogens is 3. The van der Waals surface area contributed by atoms with Gasteiger partial charge in [0.25, 0.3) is 11.9 Å². The lowest BCUT2D eigenvalue weighted by Crippen LogP contribution is -2.43. The number of hydrogen-bond acceptors (Lipinski definition) is 7. The number of benzene rings is 1. The molecule has 0 unspecified atom stereocenters. The van der Waals surface area contributed by atoms with E-state index in [9.17, 15) is 9.59 Å². The van der Waals surface area contributed by atoms with Crippen LogP contribution in [0.15, 0.2) is 53.7 Å². The molecule has 0 spiro atoms. The van der Waals surface area contributed by atoms with E-state index < -0.39 is 11.6 Å². The van der Waals surface area contributed by atoms with Crippen molar-refractivity contribution >= 4 is 17.6 Å². The molecule has 3 heterocycles. The number of hydrogen-bond donors (Lipinski definition) is 0. The van der Waals surface area contributed by atoms with Crippen LogP contribution >= 0.6 is 0 Å². The molecule has 2 aromatic heterocycles. The van der Waals surface area contributed by atoms with Crippen LogP contribution in [-0.2, 0) is 34.0 Å². The Morgan fingerprint density at radius 3 is 2.60 bits per heavy atom. The van der Waals surface area contributed by atoms with E-state index in [1.807, 2.05) is 38.1 Å². The summed E-state index contributed by atoms with van der Waals surface area (Å²) in [4.78, 5) is 29.5. The van der Waals surface area contributed by atoms with Crippen LogP contribution in [0.25, 0.3) is 0 Å². The fourth-order valence-electron chi connectivity index (χ4n) is 4.00. The zero-order valence-electron chi connectivity index (χ0n) is 20.6. The highest BCUT2D eigenvalue weighted by Gasteiger charge is 2.52. The van der Waals surface area contributed by atoms with Crippen molar-refractivity contribution in [1.82, 2.24) is 19.8 Å². The Morgan fingerprint density at radius 2 is 1.91 bits per heavy atom. The fraction of sp³-hybridized carbons (Fsp3) is 0.360. The predicted molar refractivity (Wildman–Crippen MR) is 127 cm³/mol. The first kappa shape index (κ1) is 24.1. The van der Waals surface area contributed by atoms with Crippen molar-refractivity contribution in [2.45, 2.75) is 52.9 Å². The van der Waals surface area contributed by atoms with Crippen LogP contribution < -0.4 is 4.90 Å². The molecule has 1 aromatic carbocycles. The summed E-state index contributed by atoms with van der Waals surface area (Å²) < 4.78 is 17.2. The number of aryl methyl sites for hydroxylation is 2. The minimum Gasteiger partial charge on any atom is -0.469 e. The van der Waals surface area contributed by atoms with Gasteiger partial charge in [0.1, 0.15) is 17.9 Å². The molecular formula is C25H29N5O5. The number of rotatable bonds is 9. The number of carbonyl (C=O) groups excluding carboxylic acids is 2. The Labute approximate surface area is 203 Å². The van der Waals surface area contributed by atoms with Crippen molar-refractivity contribution in [2.24, 2.45) is 0 Å². The van der Waals surface area contributed by atoms with Crippen LogP contribution in [0, 0.1) is 13.8 Å². The van der Waals surface area contributed by atoms with Crippen LogP contribution in [0.3, 0.4) is 0 Å². The molecule has 4 rings (SSSR count). The molecule has 0 atom stereocenters. The van der Waals surface area contributed by atoms with Crippen molar-refractivity contribution in [2.75, 3.05) is 12.0 Å². The average Bonchev–Trinajstić information content (AvgIpc) is 3.46. The van der Waals surface area contributed by atoms with Gasteiger partial charge in [-0.05, 0) is 45.4 Å². The number of imide groups is 1. The van der Waals surface area contributed by atoms with Crippen molar-refractivity contribution in [3.05, 3.63) is 77.3 Å². The number of urea groups is 1. The maximum Gasteiger partial charge on any atom is 0.332 e. The Bertz CT molecular complexity index is 1260. The van der Waals surface area contributed by atoms with E-state index in [2.05, 4.69) is 16.8 Å². The molecule has 10 nitrogen and oxygen atoms in total. The van der Waals surface area contributed by atoms with Gasteiger partial charge in [0.05, 0.1) is 31.2 Å². The van der Waals surface area contributed by atoms with Crippen molar-refractivity contribution in [3.8, 4) is 0 Å². The lowest BCUT2D eigenvalue weighted by Gasteiger charge is -2.27. The molecule has 0 N–H and O–H groups in total. The van der Waals surface area contributed by atoms with Gasteiger partial charge < -0.3 is 18.9 Å². The molecule has 1 aliphatic heterocycles. The molecule has 3 amide bonds. The molecule has 3 aromatic rings. The van der Waals surface area contributed by atoms with Gasteiger partial charge in [0.15, 0.2) is 0 Å². The molecule has 0 bridgehead atoms. The quantitative estimate of drug-likeness (QED) is 0.338. The van der Waals surface area contributed by atoms with Crippen LogP contribution in [0.2, 0.25) is 0 Å². The minimum atomic E-state index is -1.03. The summed E-state index contributed by atoms with van der Waals surface area (Å²) in [5.74, 6) is 0.622. The van der Waals surface area contributed by atoms with E-state index in [4.69, 9.17) is 14.0 Å². The third-order valence-corrected chi connectivity index (χ3v) is 6.16. The summed E-state index contributed by atoms with van der Waals surface area (Å²) >= 11 is 0. The zero-order chi connectivity index (χ0) is 25.3. The molecule has 1 aliphatic rings. The smallest absolute Gasteiger partial charge is 0.332 e. The monoisotopic (exact) mass is 479 g/mol. The Morgan fingerprint density at radius 1 is 1.17 bits per heavy atom. The van der Waals surface area contributed by atoms with Gasteiger partial charge in [-0.2, -0.15) is 5.10 Å². The predicted octanol–water partition coefficient (Wildman–Crippen LogP) is 3.92. The Hall–Kier alpha value is -4.08. The molecule has 0 radical (unpaired) electrons. The highest BCUT2D eigenvalue weighted by molar-refractivity contribution is 6.22. The molecule has 0 saturated carbocycles. The highest BCUT2D eigenvalue weighted by atomic mass is 16.7. The van der Waals surface area contributed by atoms with E-state index in [1.54, 1.807) is 29.6 Å². The van der Waals surface area contributed by atoms with E-state index >= 15 is 0 Å². The van der Waals surface area contributed by atoms with Crippen molar-refractivity contribution in [1.29, 1.82) is 0 Å². The van der Waals surface area contributed by atoms with Gasteiger partial charge in [0.2, 0.25) is 0 Å². The van der Waals surface area contributed by atoms with Gasteiger partial charge in [-0.15, -0.1) is 0 Å². The van der Waals surface area contributed by atoms with Gasteiger partial charge in [-0.1, -0.05) is 29.4 Å². The van der Waals surface area contributed by atoms with Gasteiger partial charge in [-0.25, -0.2) is 9.69 Å². The number of carbonyl (C=O) groups is 2. The average molecular weight is 480 g/mol. The topological polar surface area (TPSA) is 103 Å². The first-order chi connectivity index (χ1) is 16.6. The van der Waals surface area contributed by atoms with Crippen molar-refractivity contribution < 1.29 is 23.6 Å². The summed E-state index contributed by atoms with van der Waals surface area (Å²) in [7, 11) is 1.49. The van der Waals surface area contributed by atoms with Crippen molar-refractivity contribution in [3.63, 3.8) is 0 Å². The van der Waals surface area contributed by atoms with Crippen LogP contribution in [-0.4, -0.2) is 44.4 Å². The summed E-state index contributed by atoms with van der Waals surface area (Å²) in [5, 5.41) is 8.31. The molecule has 1 saturated heterocycles. The largest absolute Gasteiger partial charge is 0.469 e. The standard InChI is InChI=1S/C25H29N5O5/c1-16-22(17(2)35-27-16)14-28-13-21(11-26-28)30-23(31)25(4,5)29(24(30)32)12-19-8-7-9-20(10-19)15-34-18(3)33-6/h7-11,13H,3,12,14-15H2,1-2,4-6H3. The lowest BCUT2D eigenvalue weighted by atomic mass is 10.0. The number of amides is 3. The highest BCUT2D eigenvalue weighted by Crippen LogP contribution is 2.33. The summed E-state index contributed by atoms with van der Waals surface area (Å²) in [6.07, 6.45) is 3.20. The van der Waals surface area contributed by atoms with Gasteiger partial charge in [0, 0.05) is 18.3 Å². The normalized spacial score (nSPS) is 15.1. The first-order valence-electron chi connectivity index (χ1n) is 11.2. The van der Waals surface area contributed by atoms with E-state index in [0.29, 0.717) is 18.0 Å². The number of anilines is 1. The van der Waals surface area contributed by atoms with E-state index in [0.717, 1.165) is 22.4 Å². The first-order valence-corrected chi connectivity index (χ1v) is 11.2. The molecular weight excluding hydrogens is 450 g/mol. The summed E-state index contributed by atoms with van der Waals surface area (Å²) in [6, 6.07) is 7.24. The number of ether oxygens (including phenoxy) is 2. The zero-order valence-corrected chi connectivity index (χ0v) is 20.6. The Balaban J connectivity index is 1.52. The molecule has 35 heavy (non-hydrogen) atoms. The number of methoxy groups -OCH3 is 1. The third-order valence-electron chi connectivity index (χ3n) is 6.16. The summed E-state index contributed by atoms with van der Waals surface area (Å²) in [5.41, 5.74) is 2.85. The lowest BCUT2D eigenvalue weighted by molar-refractivity contribution is -0.123. The second-order valence-electron chi connectivity index (χ2n) is 8.95. The second kappa shape index (κ2) is 9.28. The van der Waals surface area contributed by atoms with Gasteiger partial charge >= 0.3 is 6.03 Å². The van der Waals surface area contributed by atoms with Crippen LogP contribution in [0.4, 0.5) is 10.5 Å². The van der Waals surface area contributed by atoms with E-state index in [1.165, 1.54) is 18.2 Å². The maximum absolute atomic E-state index is 13.4.